The van der Waals surface area contributed by atoms with Crippen molar-refractivity contribution in [2.75, 3.05) is 6.61 Å². The Morgan fingerprint density at radius 3 is 2.50 bits per heavy atom. The number of benzene rings is 1. The van der Waals surface area contributed by atoms with Crippen LogP contribution in [0, 0.1) is 18.3 Å². The summed E-state index contributed by atoms with van der Waals surface area (Å²) < 4.78 is 10.5. The molecule has 0 aliphatic carbocycles. The lowest BCUT2D eigenvalue weighted by atomic mass is 10.1. The Hall–Kier alpha value is -2.56. The molecule has 1 aromatic heterocycles. The Kier molecular flexibility index (Phi) is 7.01. The van der Waals surface area contributed by atoms with Crippen LogP contribution in [0.3, 0.4) is 0 Å². The normalized spacial score (nSPS) is 11.8. The molecular formula is C19H20N2O4S. The molecule has 26 heavy (non-hydrogen) atoms. The van der Waals surface area contributed by atoms with Crippen molar-refractivity contribution in [3.8, 4) is 6.07 Å². The molecule has 1 aromatic carbocycles. The van der Waals surface area contributed by atoms with E-state index in [1.54, 1.807) is 36.6 Å². The molecular weight excluding hydrogens is 352 g/mol. The summed E-state index contributed by atoms with van der Waals surface area (Å²) in [6.07, 6.45) is 0.125. The smallest absolute Gasteiger partial charge is 0.338 e. The first kappa shape index (κ1) is 19.8. The Morgan fingerprint density at radius 1 is 1.27 bits per heavy atom. The Morgan fingerprint density at radius 2 is 1.96 bits per heavy atom. The van der Waals surface area contributed by atoms with Gasteiger partial charge in [-0.2, -0.15) is 5.26 Å². The third-order valence-corrected chi connectivity index (χ3v) is 4.48. The molecule has 1 atom stereocenters. The molecule has 0 fully saturated rings. The summed E-state index contributed by atoms with van der Waals surface area (Å²) in [6.45, 7) is 5.68. The van der Waals surface area contributed by atoms with E-state index in [1.807, 2.05) is 19.9 Å². The second-order valence-electron chi connectivity index (χ2n) is 5.99. The van der Waals surface area contributed by atoms with Crippen molar-refractivity contribution in [3.05, 3.63) is 51.5 Å². The molecule has 0 radical (unpaired) electrons. The van der Waals surface area contributed by atoms with Gasteiger partial charge in [-0.1, -0.05) is 12.1 Å². The van der Waals surface area contributed by atoms with E-state index in [0.29, 0.717) is 17.2 Å². The van der Waals surface area contributed by atoms with E-state index in [4.69, 9.17) is 9.47 Å². The van der Waals surface area contributed by atoms with Crippen LogP contribution in [0.2, 0.25) is 0 Å². The third kappa shape index (κ3) is 5.48. The molecule has 1 heterocycles. The second-order valence-corrected chi connectivity index (χ2v) is 6.88. The lowest BCUT2D eigenvalue weighted by Crippen LogP contribution is -2.20. The van der Waals surface area contributed by atoms with Crippen LogP contribution in [0.25, 0.3) is 0 Å². The highest BCUT2D eigenvalue weighted by atomic mass is 32.1. The number of aryl methyl sites for hydroxylation is 1. The highest BCUT2D eigenvalue weighted by molar-refractivity contribution is 7.09. The summed E-state index contributed by atoms with van der Waals surface area (Å²) in [7, 11) is 0. The number of Topliss-reactive ketones (excluding diaryl/α,β-unsaturated/α-hetero) is 1. The molecule has 0 spiro atoms. The van der Waals surface area contributed by atoms with E-state index in [1.165, 1.54) is 11.3 Å². The minimum Gasteiger partial charge on any atom is -0.454 e. The highest BCUT2D eigenvalue weighted by Gasteiger charge is 2.24. The predicted octanol–water partition coefficient (Wildman–Crippen LogP) is 3.41. The lowest BCUT2D eigenvalue weighted by molar-refractivity contribution is -0.122. The summed E-state index contributed by atoms with van der Waals surface area (Å²) in [5.74, 6) is -2.11. The van der Waals surface area contributed by atoms with Crippen LogP contribution >= 0.6 is 11.3 Å². The Balaban J connectivity index is 1.91. The standard InChI is InChI=1S/C19H20N2O4S/c1-12(2)24-9-14-4-6-15(7-5-14)19(23)25-10-17(22)16(8-20)18-21-13(3)11-26-18/h4-7,11-12,16H,9-10H2,1-3H3/t16-/m0/s1. The maximum absolute atomic E-state index is 12.2. The van der Waals surface area contributed by atoms with Gasteiger partial charge in [0.2, 0.25) is 0 Å². The average molecular weight is 372 g/mol. The molecule has 0 saturated carbocycles. The molecule has 6 nitrogen and oxygen atoms in total. The molecule has 0 aliphatic heterocycles. The molecule has 2 rings (SSSR count). The second kappa shape index (κ2) is 9.22. The number of thiazole rings is 1. The van der Waals surface area contributed by atoms with Crippen molar-refractivity contribution in [1.29, 1.82) is 5.26 Å². The monoisotopic (exact) mass is 372 g/mol. The molecule has 0 unspecified atom stereocenters. The van der Waals surface area contributed by atoms with Gasteiger partial charge in [0.25, 0.3) is 0 Å². The number of rotatable bonds is 8. The summed E-state index contributed by atoms with van der Waals surface area (Å²) in [6, 6.07) is 8.71. The average Bonchev–Trinajstić information content (AvgIpc) is 3.05. The zero-order valence-electron chi connectivity index (χ0n) is 14.9. The van der Waals surface area contributed by atoms with Crippen LogP contribution in [0.4, 0.5) is 0 Å². The number of ketones is 1. The van der Waals surface area contributed by atoms with E-state index in [2.05, 4.69) is 4.98 Å². The van der Waals surface area contributed by atoms with Crippen molar-refractivity contribution < 1.29 is 19.1 Å². The van der Waals surface area contributed by atoms with Crippen molar-refractivity contribution in [2.45, 2.75) is 39.4 Å². The first-order chi connectivity index (χ1) is 12.4. The van der Waals surface area contributed by atoms with Gasteiger partial charge in [0.15, 0.2) is 18.3 Å². The van der Waals surface area contributed by atoms with E-state index in [-0.39, 0.29) is 6.10 Å². The van der Waals surface area contributed by atoms with E-state index in [0.717, 1.165) is 11.3 Å². The van der Waals surface area contributed by atoms with Crippen LogP contribution < -0.4 is 0 Å². The molecule has 2 aromatic rings. The van der Waals surface area contributed by atoms with Gasteiger partial charge < -0.3 is 9.47 Å². The van der Waals surface area contributed by atoms with Crippen LogP contribution in [-0.2, 0) is 20.9 Å². The first-order valence-electron chi connectivity index (χ1n) is 8.12. The largest absolute Gasteiger partial charge is 0.454 e. The SMILES string of the molecule is Cc1csc([C@@H](C#N)C(=O)COC(=O)c2ccc(COC(C)C)cc2)n1. The van der Waals surface area contributed by atoms with Crippen LogP contribution in [0.5, 0.6) is 0 Å². The summed E-state index contributed by atoms with van der Waals surface area (Å²) in [4.78, 5) is 28.4. The van der Waals surface area contributed by atoms with Gasteiger partial charge in [0.05, 0.1) is 24.3 Å². The van der Waals surface area contributed by atoms with Gasteiger partial charge in [0.1, 0.15) is 5.01 Å². The number of ether oxygens (including phenoxy) is 2. The number of aromatic nitrogens is 1. The van der Waals surface area contributed by atoms with Crippen LogP contribution in [-0.4, -0.2) is 29.4 Å². The summed E-state index contributed by atoms with van der Waals surface area (Å²) in [5.41, 5.74) is 2.02. The fourth-order valence-electron chi connectivity index (χ4n) is 2.07. The molecule has 0 aliphatic rings. The Labute approximate surface area is 156 Å². The number of hydrogen-bond acceptors (Lipinski definition) is 7. The fourth-order valence-corrected chi connectivity index (χ4v) is 2.93. The van der Waals surface area contributed by atoms with Crippen molar-refractivity contribution in [2.24, 2.45) is 0 Å². The maximum Gasteiger partial charge on any atom is 0.338 e. The number of carbonyl (C=O) groups excluding carboxylic acids is 2. The third-order valence-electron chi connectivity index (χ3n) is 3.45. The van der Waals surface area contributed by atoms with E-state index < -0.39 is 24.3 Å². The first-order valence-corrected chi connectivity index (χ1v) is 9.00. The number of carbonyl (C=O) groups is 2. The Bertz CT molecular complexity index is 806. The fraction of sp³-hybridized carbons (Fsp3) is 0.368. The number of nitrogens with zero attached hydrogens (tertiary/aromatic N) is 2. The van der Waals surface area contributed by atoms with Gasteiger partial charge in [-0.05, 0) is 38.5 Å². The topological polar surface area (TPSA) is 89.3 Å². The highest BCUT2D eigenvalue weighted by Crippen LogP contribution is 2.21. The quantitative estimate of drug-likeness (QED) is 0.660. The van der Waals surface area contributed by atoms with Gasteiger partial charge >= 0.3 is 5.97 Å². The minimum absolute atomic E-state index is 0.125. The predicted molar refractivity (Wildman–Crippen MR) is 96.9 cm³/mol. The minimum atomic E-state index is -1.02. The maximum atomic E-state index is 12.2. The molecule has 7 heteroatoms. The van der Waals surface area contributed by atoms with Gasteiger partial charge in [-0.25, -0.2) is 9.78 Å². The van der Waals surface area contributed by atoms with E-state index >= 15 is 0 Å². The lowest BCUT2D eigenvalue weighted by Gasteiger charge is -2.09. The summed E-state index contributed by atoms with van der Waals surface area (Å²) in [5, 5.41) is 11.4. The molecule has 0 saturated heterocycles. The van der Waals surface area contributed by atoms with Crippen molar-refractivity contribution >= 4 is 23.1 Å². The summed E-state index contributed by atoms with van der Waals surface area (Å²) >= 11 is 1.24. The van der Waals surface area contributed by atoms with Crippen molar-refractivity contribution in [3.63, 3.8) is 0 Å². The molecule has 0 N–H and O–H groups in total. The molecule has 0 amide bonds. The number of hydrogen-bond donors (Lipinski definition) is 0. The molecule has 136 valence electrons. The van der Waals surface area contributed by atoms with Crippen LogP contribution in [0.1, 0.15) is 46.4 Å². The number of esters is 1. The van der Waals surface area contributed by atoms with Gasteiger partial charge in [-0.3, -0.25) is 4.79 Å². The molecule has 0 bridgehead atoms. The van der Waals surface area contributed by atoms with E-state index in [9.17, 15) is 14.9 Å². The number of nitriles is 1. The van der Waals surface area contributed by atoms with Gasteiger partial charge in [0, 0.05) is 11.1 Å². The zero-order chi connectivity index (χ0) is 19.1. The van der Waals surface area contributed by atoms with Gasteiger partial charge in [-0.15, -0.1) is 11.3 Å². The van der Waals surface area contributed by atoms with Crippen LogP contribution in [0.15, 0.2) is 29.6 Å². The van der Waals surface area contributed by atoms with Crippen molar-refractivity contribution in [1.82, 2.24) is 4.98 Å². The zero-order valence-corrected chi connectivity index (χ0v) is 15.7.